The minimum atomic E-state index is -0.805. The van der Waals surface area contributed by atoms with E-state index in [1.54, 1.807) is 24.3 Å². The summed E-state index contributed by atoms with van der Waals surface area (Å²) in [6.07, 6.45) is 1.87. The summed E-state index contributed by atoms with van der Waals surface area (Å²) in [6, 6.07) is 8.15. The van der Waals surface area contributed by atoms with Crippen LogP contribution in [0.4, 0.5) is 10.5 Å². The fraction of sp³-hybridized carbons (Fsp3) is 0.409. The lowest BCUT2D eigenvalue weighted by Crippen LogP contribution is -2.46. The second-order valence-corrected chi connectivity index (χ2v) is 9.05. The minimum Gasteiger partial charge on any atom is -0.491 e. The zero-order valence-corrected chi connectivity index (χ0v) is 19.1. The molecule has 3 N–H and O–H groups in total. The zero-order chi connectivity index (χ0) is 23.4. The van der Waals surface area contributed by atoms with Crippen molar-refractivity contribution in [2.24, 2.45) is 5.73 Å². The Morgan fingerprint density at radius 2 is 2.12 bits per heavy atom. The normalized spacial score (nSPS) is 28.1. The highest BCUT2D eigenvalue weighted by Gasteiger charge is 2.64. The SMILES string of the molecule is CC1(C)O[C@H]2[C@H](n3ccc4c(Cl)ncnc43)O[C@H](COc3cccc(NC(N)=O)c3)[C@@]2(C)O1. The van der Waals surface area contributed by atoms with Crippen LogP contribution >= 0.6 is 11.6 Å². The molecule has 2 fully saturated rings. The van der Waals surface area contributed by atoms with Crippen molar-refractivity contribution in [3.8, 4) is 5.75 Å². The van der Waals surface area contributed by atoms with Gasteiger partial charge in [0.25, 0.3) is 0 Å². The van der Waals surface area contributed by atoms with Gasteiger partial charge in [0, 0.05) is 18.0 Å². The number of nitrogens with zero attached hydrogens (tertiary/aromatic N) is 3. The van der Waals surface area contributed by atoms with Crippen LogP contribution in [0, 0.1) is 0 Å². The molecule has 11 heteroatoms. The number of urea groups is 1. The third-order valence-electron chi connectivity index (χ3n) is 5.88. The van der Waals surface area contributed by atoms with E-state index in [0.717, 1.165) is 5.39 Å². The molecule has 0 spiro atoms. The van der Waals surface area contributed by atoms with E-state index in [1.165, 1.54) is 6.33 Å². The average molecular weight is 474 g/mol. The van der Waals surface area contributed by atoms with E-state index in [9.17, 15) is 4.79 Å². The maximum absolute atomic E-state index is 11.1. The van der Waals surface area contributed by atoms with E-state index in [4.69, 9.17) is 36.3 Å². The second-order valence-electron chi connectivity index (χ2n) is 8.69. The van der Waals surface area contributed by atoms with Gasteiger partial charge in [0.2, 0.25) is 0 Å². The number of carbonyl (C=O) groups is 1. The first kappa shape index (κ1) is 21.9. The molecule has 2 aliphatic heterocycles. The molecule has 0 bridgehead atoms. The molecule has 2 aliphatic rings. The second kappa shape index (κ2) is 7.84. The first-order valence-electron chi connectivity index (χ1n) is 10.5. The van der Waals surface area contributed by atoms with Crippen LogP contribution in [0.5, 0.6) is 5.75 Å². The van der Waals surface area contributed by atoms with Crippen molar-refractivity contribution in [2.75, 3.05) is 11.9 Å². The van der Waals surface area contributed by atoms with Crippen LogP contribution in [0.15, 0.2) is 42.9 Å². The van der Waals surface area contributed by atoms with Gasteiger partial charge in [-0.05, 0) is 39.0 Å². The molecule has 33 heavy (non-hydrogen) atoms. The molecule has 2 aromatic heterocycles. The van der Waals surface area contributed by atoms with Gasteiger partial charge in [0.05, 0.1) is 5.39 Å². The number of carbonyl (C=O) groups excluding carboxylic acids is 1. The average Bonchev–Trinajstić information content (AvgIpc) is 3.34. The molecule has 0 radical (unpaired) electrons. The molecule has 0 saturated carbocycles. The number of hydrogen-bond donors (Lipinski definition) is 2. The van der Waals surface area contributed by atoms with Gasteiger partial charge in [-0.2, -0.15) is 0 Å². The van der Waals surface area contributed by atoms with E-state index >= 15 is 0 Å². The molecule has 1 aromatic carbocycles. The fourth-order valence-electron chi connectivity index (χ4n) is 4.54. The molecular formula is C22H24ClN5O5. The molecule has 5 rings (SSSR count). The molecule has 0 aliphatic carbocycles. The number of anilines is 1. The van der Waals surface area contributed by atoms with Crippen molar-refractivity contribution in [3.63, 3.8) is 0 Å². The Morgan fingerprint density at radius 3 is 2.91 bits per heavy atom. The monoisotopic (exact) mass is 473 g/mol. The van der Waals surface area contributed by atoms with Crippen molar-refractivity contribution in [2.45, 2.75) is 50.6 Å². The van der Waals surface area contributed by atoms with Gasteiger partial charge in [-0.15, -0.1) is 0 Å². The van der Waals surface area contributed by atoms with Crippen LogP contribution in [0.2, 0.25) is 5.15 Å². The van der Waals surface area contributed by atoms with Crippen LogP contribution in [-0.4, -0.2) is 50.8 Å². The van der Waals surface area contributed by atoms with Gasteiger partial charge in [-0.1, -0.05) is 17.7 Å². The summed E-state index contributed by atoms with van der Waals surface area (Å²) in [6.45, 7) is 5.89. The standard InChI is InChI=1S/C22H24ClN5O5/c1-21(2)32-16-19(28-8-7-14-17(23)25-11-26-18(14)28)31-15(22(16,3)33-21)10-30-13-6-4-5-12(9-13)27-20(24)29/h4-9,11,15-16,19H,10H2,1-3H3,(H3,24,27,29)/t15-,16+,19-,22-/m1/s1. The quantitative estimate of drug-likeness (QED) is 0.544. The summed E-state index contributed by atoms with van der Waals surface area (Å²) in [7, 11) is 0. The Morgan fingerprint density at radius 1 is 1.30 bits per heavy atom. The Hall–Kier alpha value is -2.92. The van der Waals surface area contributed by atoms with Crippen molar-refractivity contribution >= 4 is 34.4 Å². The lowest BCUT2D eigenvalue weighted by atomic mass is 9.95. The molecule has 4 heterocycles. The Labute approximate surface area is 194 Å². The molecule has 10 nitrogen and oxygen atoms in total. The molecule has 174 valence electrons. The van der Waals surface area contributed by atoms with Gasteiger partial charge < -0.3 is 34.6 Å². The first-order valence-corrected chi connectivity index (χ1v) is 10.8. The largest absolute Gasteiger partial charge is 0.491 e. The number of fused-ring (bicyclic) bond motifs is 2. The summed E-state index contributed by atoms with van der Waals surface area (Å²) >= 11 is 6.24. The predicted octanol–water partition coefficient (Wildman–Crippen LogP) is 3.46. The van der Waals surface area contributed by atoms with Crippen LogP contribution in [0.3, 0.4) is 0 Å². The molecule has 2 saturated heterocycles. The number of benzene rings is 1. The van der Waals surface area contributed by atoms with E-state index in [1.807, 2.05) is 37.6 Å². The highest BCUT2D eigenvalue weighted by Crippen LogP contribution is 2.50. The highest BCUT2D eigenvalue weighted by atomic mass is 35.5. The maximum atomic E-state index is 11.1. The number of rotatable bonds is 5. The van der Waals surface area contributed by atoms with Gasteiger partial charge in [-0.3, -0.25) is 0 Å². The highest BCUT2D eigenvalue weighted by molar-refractivity contribution is 6.33. The van der Waals surface area contributed by atoms with Crippen molar-refractivity contribution < 1.29 is 23.7 Å². The van der Waals surface area contributed by atoms with E-state index in [0.29, 0.717) is 22.2 Å². The number of hydrogen-bond acceptors (Lipinski definition) is 7. The smallest absolute Gasteiger partial charge is 0.316 e. The number of nitrogens with one attached hydrogen (secondary N) is 1. The molecule has 4 atom stereocenters. The zero-order valence-electron chi connectivity index (χ0n) is 18.3. The number of primary amides is 1. The summed E-state index contributed by atoms with van der Waals surface area (Å²) in [5, 5.41) is 3.62. The lowest BCUT2D eigenvalue weighted by Gasteiger charge is -2.29. The lowest BCUT2D eigenvalue weighted by molar-refractivity contribution is -0.213. The topological polar surface area (TPSA) is 123 Å². The minimum absolute atomic E-state index is 0.192. The van der Waals surface area contributed by atoms with E-state index < -0.39 is 35.9 Å². The Kier molecular flexibility index (Phi) is 5.20. The summed E-state index contributed by atoms with van der Waals surface area (Å²) < 4.78 is 26.9. The van der Waals surface area contributed by atoms with Gasteiger partial charge in [0.15, 0.2) is 12.0 Å². The van der Waals surface area contributed by atoms with Crippen LogP contribution in [0.1, 0.15) is 27.0 Å². The summed E-state index contributed by atoms with van der Waals surface area (Å²) in [4.78, 5) is 19.6. The number of nitrogens with two attached hydrogens (primary N) is 1. The number of ether oxygens (including phenoxy) is 4. The first-order chi connectivity index (χ1) is 15.7. The summed E-state index contributed by atoms with van der Waals surface area (Å²) in [5.74, 6) is -0.252. The van der Waals surface area contributed by atoms with Crippen LogP contribution < -0.4 is 15.8 Å². The molecule has 0 unspecified atom stereocenters. The number of aromatic nitrogens is 3. The van der Waals surface area contributed by atoms with Crippen molar-refractivity contribution in [1.82, 2.24) is 14.5 Å². The summed E-state index contributed by atoms with van der Waals surface area (Å²) in [5.41, 5.74) is 5.59. The third kappa shape index (κ3) is 3.89. The van der Waals surface area contributed by atoms with Gasteiger partial charge in [0.1, 0.15) is 47.3 Å². The van der Waals surface area contributed by atoms with Crippen LogP contribution in [0.25, 0.3) is 11.0 Å². The molecule has 3 aromatic rings. The van der Waals surface area contributed by atoms with Crippen molar-refractivity contribution in [1.29, 1.82) is 0 Å². The fourth-order valence-corrected chi connectivity index (χ4v) is 4.73. The van der Waals surface area contributed by atoms with Gasteiger partial charge in [-0.25, -0.2) is 14.8 Å². The Bertz CT molecular complexity index is 1220. The third-order valence-corrected chi connectivity index (χ3v) is 6.18. The molecule has 2 amide bonds. The van der Waals surface area contributed by atoms with Gasteiger partial charge >= 0.3 is 6.03 Å². The van der Waals surface area contributed by atoms with E-state index in [2.05, 4.69) is 15.3 Å². The maximum Gasteiger partial charge on any atom is 0.316 e. The van der Waals surface area contributed by atoms with E-state index in [-0.39, 0.29) is 6.61 Å². The number of halogens is 1. The number of amides is 2. The van der Waals surface area contributed by atoms with Crippen LogP contribution in [-0.2, 0) is 14.2 Å². The predicted molar refractivity (Wildman–Crippen MR) is 120 cm³/mol. The Balaban J connectivity index is 1.42. The van der Waals surface area contributed by atoms with Crippen molar-refractivity contribution in [3.05, 3.63) is 48.0 Å². The molecular weight excluding hydrogens is 450 g/mol.